The van der Waals surface area contributed by atoms with Gasteiger partial charge >= 0.3 is 0 Å². The van der Waals surface area contributed by atoms with E-state index in [1.165, 1.54) is 11.3 Å². The fraction of sp³-hybridized carbons (Fsp3) is 0.522. The number of piperazine rings is 1. The number of nitrogens with two attached hydrogens (primary N) is 1. The van der Waals surface area contributed by atoms with Gasteiger partial charge in [-0.25, -0.2) is 9.97 Å². The van der Waals surface area contributed by atoms with Gasteiger partial charge in [-0.15, -0.1) is 0 Å². The van der Waals surface area contributed by atoms with Crippen LogP contribution < -0.4 is 10.6 Å². The van der Waals surface area contributed by atoms with Gasteiger partial charge in [-0.1, -0.05) is 30.7 Å². The summed E-state index contributed by atoms with van der Waals surface area (Å²) >= 11 is 6.06. The van der Waals surface area contributed by atoms with Crippen molar-refractivity contribution in [1.82, 2.24) is 14.9 Å². The van der Waals surface area contributed by atoms with Gasteiger partial charge in [-0.05, 0) is 56.3 Å². The van der Waals surface area contributed by atoms with Crippen LogP contribution in [0.5, 0.6) is 0 Å². The molecule has 2 atom stereocenters. The molecule has 1 aliphatic heterocycles. The summed E-state index contributed by atoms with van der Waals surface area (Å²) in [5, 5.41) is 0.668. The molecule has 1 aromatic carbocycles. The summed E-state index contributed by atoms with van der Waals surface area (Å²) < 4.78 is 0. The molecular weight excluding hydrogens is 398 g/mol. The van der Waals surface area contributed by atoms with E-state index in [0.29, 0.717) is 37.0 Å². The van der Waals surface area contributed by atoms with Gasteiger partial charge in [0.25, 0.3) is 0 Å². The molecular formula is C23H30ClN5O. The highest BCUT2D eigenvalue weighted by Gasteiger charge is 2.39. The van der Waals surface area contributed by atoms with E-state index >= 15 is 0 Å². The highest BCUT2D eigenvalue weighted by atomic mass is 35.5. The van der Waals surface area contributed by atoms with Crippen LogP contribution in [0.2, 0.25) is 5.02 Å². The first-order valence-electron chi connectivity index (χ1n) is 10.8. The lowest BCUT2D eigenvalue weighted by atomic mass is 9.78. The van der Waals surface area contributed by atoms with Crippen molar-refractivity contribution in [3.8, 4) is 0 Å². The van der Waals surface area contributed by atoms with Gasteiger partial charge in [0.15, 0.2) is 0 Å². The Bertz CT molecular complexity index is 910. The maximum Gasteiger partial charge on any atom is 0.233 e. The topological polar surface area (TPSA) is 75.4 Å². The maximum atomic E-state index is 13.6. The van der Waals surface area contributed by atoms with Crippen LogP contribution in [0.3, 0.4) is 0 Å². The smallest absolute Gasteiger partial charge is 0.233 e. The van der Waals surface area contributed by atoms with Crippen LogP contribution in [0, 0.1) is 0 Å². The van der Waals surface area contributed by atoms with Gasteiger partial charge in [0.2, 0.25) is 5.91 Å². The number of aryl methyl sites for hydroxylation is 1. The molecule has 2 heterocycles. The first-order chi connectivity index (χ1) is 14.4. The third-order valence-corrected chi connectivity index (χ3v) is 6.97. The molecule has 7 heteroatoms. The van der Waals surface area contributed by atoms with Crippen molar-refractivity contribution in [3.63, 3.8) is 0 Å². The number of halogens is 1. The van der Waals surface area contributed by atoms with E-state index in [2.05, 4.69) is 21.8 Å². The van der Waals surface area contributed by atoms with Crippen molar-refractivity contribution in [1.29, 1.82) is 0 Å². The Labute approximate surface area is 183 Å². The molecule has 0 unspecified atom stereocenters. The van der Waals surface area contributed by atoms with Crippen LogP contribution in [0.15, 0.2) is 30.6 Å². The monoisotopic (exact) mass is 427 g/mol. The van der Waals surface area contributed by atoms with Crippen LogP contribution in [0.25, 0.3) is 0 Å². The lowest BCUT2D eigenvalue weighted by Gasteiger charge is -2.41. The fourth-order valence-corrected chi connectivity index (χ4v) is 4.95. The number of nitrogens with zero attached hydrogens (tertiary/aromatic N) is 4. The molecule has 2 aliphatic rings. The molecule has 4 rings (SSSR count). The minimum atomic E-state index is -0.647. The number of carbonyl (C=O) groups is 1. The van der Waals surface area contributed by atoms with Crippen molar-refractivity contribution in [2.45, 2.75) is 44.4 Å². The van der Waals surface area contributed by atoms with Gasteiger partial charge in [0.05, 0.1) is 5.41 Å². The Hall–Kier alpha value is -2.18. The van der Waals surface area contributed by atoms with Crippen molar-refractivity contribution in [2.75, 3.05) is 37.6 Å². The van der Waals surface area contributed by atoms with Crippen LogP contribution >= 0.6 is 11.6 Å². The molecule has 2 aromatic rings. The minimum Gasteiger partial charge on any atom is -0.353 e. The van der Waals surface area contributed by atoms with E-state index < -0.39 is 5.41 Å². The highest BCUT2D eigenvalue weighted by Crippen LogP contribution is 2.37. The summed E-state index contributed by atoms with van der Waals surface area (Å²) in [6.07, 6.45) is 4.45. The maximum absolute atomic E-state index is 13.6. The second kappa shape index (κ2) is 8.52. The largest absolute Gasteiger partial charge is 0.353 e. The fourth-order valence-electron chi connectivity index (χ4n) is 4.83. The first kappa shape index (κ1) is 21.1. The Morgan fingerprint density at radius 2 is 1.90 bits per heavy atom. The summed E-state index contributed by atoms with van der Waals surface area (Å²) in [6, 6.07) is 7.57. The summed E-state index contributed by atoms with van der Waals surface area (Å²) in [5.74, 6) is 1.68. The van der Waals surface area contributed by atoms with Crippen LogP contribution in [0.1, 0.15) is 49.4 Å². The normalized spacial score (nSPS) is 20.7. The molecule has 160 valence electrons. The van der Waals surface area contributed by atoms with E-state index in [0.717, 1.165) is 37.3 Å². The van der Waals surface area contributed by atoms with Crippen molar-refractivity contribution in [3.05, 3.63) is 52.4 Å². The van der Waals surface area contributed by atoms with Gasteiger partial charge in [-0.3, -0.25) is 4.79 Å². The third-order valence-electron chi connectivity index (χ3n) is 6.72. The van der Waals surface area contributed by atoms with E-state index in [-0.39, 0.29) is 5.91 Å². The van der Waals surface area contributed by atoms with Crippen molar-refractivity contribution in [2.24, 2.45) is 5.73 Å². The molecule has 1 aliphatic carbocycles. The van der Waals surface area contributed by atoms with Gasteiger partial charge in [-0.2, -0.15) is 0 Å². The molecule has 0 saturated carbocycles. The molecule has 0 bridgehead atoms. The minimum absolute atomic E-state index is 0.135. The van der Waals surface area contributed by atoms with Crippen molar-refractivity contribution >= 4 is 23.3 Å². The van der Waals surface area contributed by atoms with Crippen LogP contribution in [0.4, 0.5) is 5.82 Å². The first-order valence-corrected chi connectivity index (χ1v) is 11.2. The SMILES string of the molecule is C[C@@H]1CCc2ncnc(N3CCN(C(=O)[C@](C)(CCN)c4ccc(Cl)cc4)CC3)c21. The lowest BCUT2D eigenvalue weighted by Crippen LogP contribution is -2.54. The number of hydrogen-bond donors (Lipinski definition) is 1. The highest BCUT2D eigenvalue weighted by molar-refractivity contribution is 6.30. The van der Waals surface area contributed by atoms with Gasteiger partial charge < -0.3 is 15.5 Å². The number of fused-ring (bicyclic) bond motifs is 1. The average molecular weight is 428 g/mol. The van der Waals surface area contributed by atoms with E-state index in [4.69, 9.17) is 17.3 Å². The average Bonchev–Trinajstić information content (AvgIpc) is 3.15. The van der Waals surface area contributed by atoms with Crippen LogP contribution in [-0.4, -0.2) is 53.5 Å². The predicted molar refractivity (Wildman–Crippen MR) is 120 cm³/mol. The Kier molecular flexibility index (Phi) is 5.98. The summed E-state index contributed by atoms with van der Waals surface area (Å²) in [5.41, 5.74) is 8.69. The number of anilines is 1. The molecule has 1 saturated heterocycles. The molecule has 1 aromatic heterocycles. The molecule has 1 amide bonds. The molecule has 1 fully saturated rings. The number of amides is 1. The number of rotatable bonds is 5. The third kappa shape index (κ3) is 3.79. The zero-order valence-corrected chi connectivity index (χ0v) is 18.5. The van der Waals surface area contributed by atoms with Crippen molar-refractivity contribution < 1.29 is 4.79 Å². The second-order valence-corrected chi connectivity index (χ2v) is 9.09. The Morgan fingerprint density at radius 3 is 2.57 bits per heavy atom. The van der Waals surface area contributed by atoms with Crippen LogP contribution in [-0.2, 0) is 16.6 Å². The van der Waals surface area contributed by atoms with E-state index in [1.54, 1.807) is 6.33 Å². The number of carbonyl (C=O) groups excluding carboxylic acids is 1. The zero-order valence-electron chi connectivity index (χ0n) is 17.8. The number of hydrogen-bond acceptors (Lipinski definition) is 5. The lowest BCUT2D eigenvalue weighted by molar-refractivity contribution is -0.137. The Morgan fingerprint density at radius 1 is 1.20 bits per heavy atom. The molecule has 30 heavy (non-hydrogen) atoms. The molecule has 0 spiro atoms. The quantitative estimate of drug-likeness (QED) is 0.793. The summed E-state index contributed by atoms with van der Waals surface area (Å²) in [4.78, 5) is 27.0. The second-order valence-electron chi connectivity index (χ2n) is 8.65. The summed E-state index contributed by atoms with van der Waals surface area (Å²) in [7, 11) is 0. The Balaban J connectivity index is 1.50. The number of aromatic nitrogens is 2. The predicted octanol–water partition coefficient (Wildman–Crippen LogP) is 3.14. The van der Waals surface area contributed by atoms with Gasteiger partial charge in [0, 0.05) is 42.5 Å². The molecule has 6 nitrogen and oxygen atoms in total. The zero-order chi connectivity index (χ0) is 21.3. The molecule has 2 N–H and O–H groups in total. The van der Waals surface area contributed by atoms with Gasteiger partial charge in [0.1, 0.15) is 12.1 Å². The molecule has 0 radical (unpaired) electrons. The van der Waals surface area contributed by atoms with E-state index in [1.807, 2.05) is 36.1 Å². The number of benzene rings is 1. The summed E-state index contributed by atoms with van der Waals surface area (Å²) in [6.45, 7) is 7.62. The van der Waals surface area contributed by atoms with E-state index in [9.17, 15) is 4.79 Å². The standard InChI is InChI=1S/C23H30ClN5O/c1-16-3-8-19-20(16)21(27-15-26-19)28-11-13-29(14-12-28)22(30)23(2,9-10-25)17-4-6-18(24)7-5-17/h4-7,15-16H,3,8-14,25H2,1-2H3/t16-,23-/m1/s1.